The lowest BCUT2D eigenvalue weighted by atomic mass is 9.82. The Bertz CT molecular complexity index is 590. The molecule has 1 heterocycles. The summed E-state index contributed by atoms with van der Waals surface area (Å²) in [5.74, 6) is -0.405. The van der Waals surface area contributed by atoms with Crippen LogP contribution in [-0.4, -0.2) is 11.5 Å². The Morgan fingerprint density at radius 2 is 2.11 bits per heavy atom. The standard InChI is InChI=1S/C14H20N2O2/c1-5-15-12(14(2,3)4)9-6-7-10-11(8-9)18-13(17)16-10/h6-8,12,15H,5H2,1-4H3,(H,16,17). The highest BCUT2D eigenvalue weighted by molar-refractivity contribution is 5.72. The minimum atomic E-state index is -0.405. The SMILES string of the molecule is CCNC(c1ccc2[nH]c(=O)oc2c1)C(C)(C)C. The maximum absolute atomic E-state index is 11.2. The van der Waals surface area contributed by atoms with E-state index in [0.29, 0.717) is 5.58 Å². The average Bonchev–Trinajstić information content (AvgIpc) is 2.63. The molecule has 1 aromatic heterocycles. The zero-order chi connectivity index (χ0) is 13.3. The molecule has 4 nitrogen and oxygen atoms in total. The second-order valence-corrected chi connectivity index (χ2v) is 5.63. The summed E-state index contributed by atoms with van der Waals surface area (Å²) in [6.07, 6.45) is 0. The van der Waals surface area contributed by atoms with Crippen molar-refractivity contribution in [3.05, 3.63) is 34.3 Å². The summed E-state index contributed by atoms with van der Waals surface area (Å²) >= 11 is 0. The summed E-state index contributed by atoms with van der Waals surface area (Å²) in [5.41, 5.74) is 2.59. The van der Waals surface area contributed by atoms with Crippen molar-refractivity contribution >= 4 is 11.1 Å². The van der Waals surface area contributed by atoms with E-state index in [9.17, 15) is 4.79 Å². The largest absolute Gasteiger partial charge is 0.417 e. The van der Waals surface area contributed by atoms with Crippen LogP contribution in [0.15, 0.2) is 27.4 Å². The van der Waals surface area contributed by atoms with E-state index in [-0.39, 0.29) is 11.5 Å². The molecule has 18 heavy (non-hydrogen) atoms. The van der Waals surface area contributed by atoms with Gasteiger partial charge >= 0.3 is 5.76 Å². The molecule has 98 valence electrons. The second kappa shape index (κ2) is 4.61. The maximum atomic E-state index is 11.2. The fourth-order valence-electron chi connectivity index (χ4n) is 2.27. The molecule has 0 aliphatic rings. The quantitative estimate of drug-likeness (QED) is 0.878. The fourth-order valence-corrected chi connectivity index (χ4v) is 2.27. The lowest BCUT2D eigenvalue weighted by molar-refractivity contribution is 0.277. The second-order valence-electron chi connectivity index (χ2n) is 5.63. The van der Waals surface area contributed by atoms with Gasteiger partial charge in [-0.15, -0.1) is 0 Å². The highest BCUT2D eigenvalue weighted by Gasteiger charge is 2.25. The predicted octanol–water partition coefficient (Wildman–Crippen LogP) is 2.82. The Hall–Kier alpha value is -1.55. The number of nitrogens with one attached hydrogen (secondary N) is 2. The van der Waals surface area contributed by atoms with Gasteiger partial charge in [0, 0.05) is 6.04 Å². The third-order valence-corrected chi connectivity index (χ3v) is 3.05. The first-order valence-corrected chi connectivity index (χ1v) is 6.28. The van der Waals surface area contributed by atoms with E-state index in [1.165, 1.54) is 0 Å². The number of aromatic amines is 1. The van der Waals surface area contributed by atoms with Crippen molar-refractivity contribution < 1.29 is 4.42 Å². The summed E-state index contributed by atoms with van der Waals surface area (Å²) < 4.78 is 5.11. The molecule has 0 saturated heterocycles. The summed E-state index contributed by atoms with van der Waals surface area (Å²) in [6, 6.07) is 6.09. The number of hydrogen-bond donors (Lipinski definition) is 2. The van der Waals surface area contributed by atoms with Crippen LogP contribution in [0.5, 0.6) is 0 Å². The van der Waals surface area contributed by atoms with Crippen LogP contribution < -0.4 is 11.1 Å². The minimum Gasteiger partial charge on any atom is -0.408 e. The van der Waals surface area contributed by atoms with Crippen LogP contribution in [0.3, 0.4) is 0 Å². The van der Waals surface area contributed by atoms with Gasteiger partial charge in [-0.1, -0.05) is 33.8 Å². The van der Waals surface area contributed by atoms with E-state index in [1.807, 2.05) is 18.2 Å². The van der Waals surface area contributed by atoms with Crippen molar-refractivity contribution in [3.63, 3.8) is 0 Å². The molecule has 2 aromatic rings. The van der Waals surface area contributed by atoms with Gasteiger partial charge in [0.15, 0.2) is 5.58 Å². The first kappa shape index (κ1) is 12.9. The molecular formula is C14H20N2O2. The number of H-pyrrole nitrogens is 1. The van der Waals surface area contributed by atoms with Crippen LogP contribution in [0.1, 0.15) is 39.3 Å². The molecule has 1 unspecified atom stereocenters. The van der Waals surface area contributed by atoms with E-state index in [2.05, 4.69) is 38.0 Å². The number of aromatic nitrogens is 1. The first-order valence-electron chi connectivity index (χ1n) is 6.28. The van der Waals surface area contributed by atoms with Crippen molar-refractivity contribution in [2.24, 2.45) is 5.41 Å². The molecule has 0 radical (unpaired) electrons. The Morgan fingerprint density at radius 1 is 1.39 bits per heavy atom. The molecule has 0 bridgehead atoms. The van der Waals surface area contributed by atoms with Gasteiger partial charge < -0.3 is 9.73 Å². The van der Waals surface area contributed by atoms with Crippen LogP contribution in [0.2, 0.25) is 0 Å². The molecule has 1 aromatic carbocycles. The van der Waals surface area contributed by atoms with Gasteiger partial charge in [-0.2, -0.15) is 0 Å². The molecule has 0 aliphatic heterocycles. The van der Waals surface area contributed by atoms with Crippen LogP contribution in [0, 0.1) is 5.41 Å². The van der Waals surface area contributed by atoms with Crippen molar-refractivity contribution in [1.82, 2.24) is 10.3 Å². The molecule has 1 atom stereocenters. The average molecular weight is 248 g/mol. The molecule has 0 amide bonds. The number of rotatable bonds is 3. The summed E-state index contributed by atoms with van der Waals surface area (Å²) in [4.78, 5) is 13.8. The van der Waals surface area contributed by atoms with Crippen molar-refractivity contribution in [2.75, 3.05) is 6.54 Å². The molecular weight excluding hydrogens is 228 g/mol. The number of oxazole rings is 1. The molecule has 2 rings (SSSR count). The monoisotopic (exact) mass is 248 g/mol. The number of hydrogen-bond acceptors (Lipinski definition) is 3. The summed E-state index contributed by atoms with van der Waals surface area (Å²) in [5, 5.41) is 3.48. The van der Waals surface area contributed by atoms with Gasteiger partial charge in [-0.3, -0.25) is 4.98 Å². The zero-order valence-electron chi connectivity index (χ0n) is 11.3. The minimum absolute atomic E-state index is 0.0975. The molecule has 0 aliphatic carbocycles. The van der Waals surface area contributed by atoms with Crippen molar-refractivity contribution in [2.45, 2.75) is 33.7 Å². The Kier molecular flexibility index (Phi) is 3.30. The van der Waals surface area contributed by atoms with Gasteiger partial charge in [-0.05, 0) is 29.7 Å². The van der Waals surface area contributed by atoms with Crippen LogP contribution in [0.4, 0.5) is 0 Å². The molecule has 4 heteroatoms. The molecule has 0 saturated carbocycles. The summed E-state index contributed by atoms with van der Waals surface area (Å²) in [6.45, 7) is 9.57. The maximum Gasteiger partial charge on any atom is 0.417 e. The van der Waals surface area contributed by atoms with Crippen molar-refractivity contribution in [3.8, 4) is 0 Å². The van der Waals surface area contributed by atoms with E-state index in [4.69, 9.17) is 4.42 Å². The van der Waals surface area contributed by atoms with Gasteiger partial charge in [0.25, 0.3) is 0 Å². The smallest absolute Gasteiger partial charge is 0.408 e. The van der Waals surface area contributed by atoms with Gasteiger partial charge in [0.1, 0.15) is 0 Å². The van der Waals surface area contributed by atoms with E-state index in [0.717, 1.165) is 17.6 Å². The number of fused-ring (bicyclic) bond motifs is 1. The topological polar surface area (TPSA) is 58.0 Å². The fraction of sp³-hybridized carbons (Fsp3) is 0.500. The predicted molar refractivity (Wildman–Crippen MR) is 72.7 cm³/mol. The van der Waals surface area contributed by atoms with Crippen molar-refractivity contribution in [1.29, 1.82) is 0 Å². The lowest BCUT2D eigenvalue weighted by Crippen LogP contribution is -2.32. The van der Waals surface area contributed by atoms with Gasteiger partial charge in [-0.25, -0.2) is 4.79 Å². The molecule has 2 N–H and O–H groups in total. The zero-order valence-corrected chi connectivity index (χ0v) is 11.3. The van der Waals surface area contributed by atoms with Crippen LogP contribution in [-0.2, 0) is 0 Å². The summed E-state index contributed by atoms with van der Waals surface area (Å²) in [7, 11) is 0. The third kappa shape index (κ3) is 2.48. The Balaban J connectivity index is 2.47. The first-order chi connectivity index (χ1) is 8.41. The van der Waals surface area contributed by atoms with Crippen LogP contribution in [0.25, 0.3) is 11.1 Å². The molecule has 0 spiro atoms. The normalized spacial score (nSPS) is 14.0. The highest BCUT2D eigenvalue weighted by Crippen LogP contribution is 2.33. The van der Waals surface area contributed by atoms with E-state index < -0.39 is 5.76 Å². The van der Waals surface area contributed by atoms with E-state index in [1.54, 1.807) is 0 Å². The molecule has 0 fully saturated rings. The Labute approximate surface area is 106 Å². The lowest BCUT2D eigenvalue weighted by Gasteiger charge is -2.31. The van der Waals surface area contributed by atoms with Crippen LogP contribution >= 0.6 is 0 Å². The Morgan fingerprint density at radius 3 is 2.72 bits per heavy atom. The van der Waals surface area contributed by atoms with E-state index >= 15 is 0 Å². The third-order valence-electron chi connectivity index (χ3n) is 3.05. The number of benzene rings is 1. The van der Waals surface area contributed by atoms with Gasteiger partial charge in [0.05, 0.1) is 5.52 Å². The van der Waals surface area contributed by atoms with Gasteiger partial charge in [0.2, 0.25) is 0 Å². The highest BCUT2D eigenvalue weighted by atomic mass is 16.4.